The second-order valence-corrected chi connectivity index (χ2v) is 4.62. The van der Waals surface area contributed by atoms with E-state index in [4.69, 9.17) is 5.26 Å². The van der Waals surface area contributed by atoms with Gasteiger partial charge >= 0.3 is 0 Å². The largest absolute Gasteiger partial charge is 0.347 e. The van der Waals surface area contributed by atoms with Gasteiger partial charge in [0.25, 0.3) is 0 Å². The van der Waals surface area contributed by atoms with Crippen molar-refractivity contribution in [2.75, 3.05) is 24.5 Å². The summed E-state index contributed by atoms with van der Waals surface area (Å²) in [4.78, 5) is 6.73. The molecule has 0 saturated heterocycles. The molecule has 0 aliphatic carbocycles. The van der Waals surface area contributed by atoms with Crippen molar-refractivity contribution in [3.63, 3.8) is 0 Å². The van der Waals surface area contributed by atoms with Gasteiger partial charge in [0.05, 0.1) is 18.2 Å². The van der Waals surface area contributed by atoms with Gasteiger partial charge in [-0.05, 0) is 19.9 Å². The van der Waals surface area contributed by atoms with E-state index < -0.39 is 0 Å². The lowest BCUT2D eigenvalue weighted by Crippen LogP contribution is -2.23. The first-order valence-electron chi connectivity index (χ1n) is 6.08. The normalized spacial score (nSPS) is 10.2. The summed E-state index contributed by atoms with van der Waals surface area (Å²) < 4.78 is 0. The number of hydrogen-bond acceptors (Lipinski definition) is 5. The van der Waals surface area contributed by atoms with E-state index in [1.165, 1.54) is 0 Å². The van der Waals surface area contributed by atoms with Crippen LogP contribution in [0.2, 0.25) is 0 Å². The lowest BCUT2D eigenvalue weighted by Gasteiger charge is -2.17. The molecule has 0 atom stereocenters. The Kier molecular flexibility index (Phi) is 6.60. The maximum atomic E-state index is 8.60. The molecule has 0 aliphatic rings. The Morgan fingerprint density at radius 3 is 3.00 bits per heavy atom. The van der Waals surface area contributed by atoms with Crippen LogP contribution >= 0.6 is 11.3 Å². The maximum Gasteiger partial charge on any atom is 0.185 e. The minimum absolute atomic E-state index is 0.552. The van der Waals surface area contributed by atoms with E-state index in [0.717, 1.165) is 43.4 Å². The zero-order valence-electron chi connectivity index (χ0n) is 10.6. The lowest BCUT2D eigenvalue weighted by molar-refractivity contribution is 0.665. The van der Waals surface area contributed by atoms with Crippen molar-refractivity contribution in [3.8, 4) is 6.07 Å². The van der Waals surface area contributed by atoms with Crippen molar-refractivity contribution < 1.29 is 0 Å². The molecule has 1 aromatic heterocycles. The van der Waals surface area contributed by atoms with Crippen LogP contribution in [-0.2, 0) is 6.54 Å². The van der Waals surface area contributed by atoms with Gasteiger partial charge in [0, 0.05) is 25.0 Å². The number of rotatable bonds is 8. The van der Waals surface area contributed by atoms with Crippen molar-refractivity contribution >= 4 is 16.5 Å². The number of aromatic nitrogens is 1. The summed E-state index contributed by atoms with van der Waals surface area (Å²) >= 11 is 1.66. The van der Waals surface area contributed by atoms with Crippen LogP contribution in [0, 0.1) is 11.3 Å². The number of nitrogens with zero attached hydrogens (tertiary/aromatic N) is 3. The molecule has 0 radical (unpaired) electrons. The van der Waals surface area contributed by atoms with Gasteiger partial charge in [-0.2, -0.15) is 5.26 Å². The Labute approximate surface area is 107 Å². The highest BCUT2D eigenvalue weighted by Crippen LogP contribution is 2.20. The Morgan fingerprint density at radius 1 is 1.53 bits per heavy atom. The van der Waals surface area contributed by atoms with Gasteiger partial charge in [0.15, 0.2) is 5.13 Å². The van der Waals surface area contributed by atoms with Crippen LogP contribution in [0.1, 0.15) is 32.4 Å². The van der Waals surface area contributed by atoms with Gasteiger partial charge in [0.2, 0.25) is 0 Å². The van der Waals surface area contributed by atoms with Crippen LogP contribution in [0.3, 0.4) is 0 Å². The molecule has 0 spiro atoms. The van der Waals surface area contributed by atoms with Gasteiger partial charge < -0.3 is 10.2 Å². The summed E-state index contributed by atoms with van der Waals surface area (Å²) in [7, 11) is 0. The van der Waals surface area contributed by atoms with Crippen molar-refractivity contribution in [1.29, 1.82) is 5.26 Å². The van der Waals surface area contributed by atoms with Crippen LogP contribution in [0.4, 0.5) is 5.13 Å². The van der Waals surface area contributed by atoms with E-state index in [9.17, 15) is 0 Å². The molecule has 1 rings (SSSR count). The number of nitriles is 1. The van der Waals surface area contributed by atoms with E-state index in [2.05, 4.69) is 40.5 Å². The van der Waals surface area contributed by atoms with Gasteiger partial charge in [-0.3, -0.25) is 0 Å². The van der Waals surface area contributed by atoms with Crippen LogP contribution in [0.15, 0.2) is 5.38 Å². The van der Waals surface area contributed by atoms with Crippen molar-refractivity contribution in [3.05, 3.63) is 11.1 Å². The van der Waals surface area contributed by atoms with E-state index >= 15 is 0 Å². The highest BCUT2D eigenvalue weighted by Gasteiger charge is 2.08. The summed E-state index contributed by atoms with van der Waals surface area (Å²) in [6.45, 7) is 7.77. The minimum Gasteiger partial charge on any atom is -0.347 e. The van der Waals surface area contributed by atoms with Crippen LogP contribution in [0.5, 0.6) is 0 Å². The minimum atomic E-state index is 0.552. The number of anilines is 1. The summed E-state index contributed by atoms with van der Waals surface area (Å²) in [6.07, 6.45) is 1.69. The van der Waals surface area contributed by atoms with Crippen molar-refractivity contribution in [1.82, 2.24) is 10.3 Å². The Bertz CT molecular complexity index is 356. The fourth-order valence-corrected chi connectivity index (χ4v) is 2.41. The number of nitrogens with one attached hydrogen (secondary N) is 1. The van der Waals surface area contributed by atoms with E-state index in [0.29, 0.717) is 6.42 Å². The molecule has 0 bridgehead atoms. The Balaban J connectivity index is 2.50. The van der Waals surface area contributed by atoms with E-state index in [-0.39, 0.29) is 0 Å². The van der Waals surface area contributed by atoms with Crippen LogP contribution in [0.25, 0.3) is 0 Å². The summed E-state index contributed by atoms with van der Waals surface area (Å²) in [6, 6.07) is 2.17. The third-order valence-electron chi connectivity index (χ3n) is 2.42. The van der Waals surface area contributed by atoms with Crippen molar-refractivity contribution in [2.45, 2.75) is 33.2 Å². The molecule has 4 nitrogen and oxygen atoms in total. The molecule has 0 aromatic carbocycles. The molecule has 17 heavy (non-hydrogen) atoms. The van der Waals surface area contributed by atoms with Crippen molar-refractivity contribution in [2.24, 2.45) is 0 Å². The monoisotopic (exact) mass is 252 g/mol. The topological polar surface area (TPSA) is 52.0 Å². The maximum absolute atomic E-state index is 8.60. The van der Waals surface area contributed by atoms with Gasteiger partial charge in [-0.25, -0.2) is 4.98 Å². The fourth-order valence-electron chi connectivity index (χ4n) is 1.49. The highest BCUT2D eigenvalue weighted by molar-refractivity contribution is 7.13. The highest BCUT2D eigenvalue weighted by atomic mass is 32.1. The second kappa shape index (κ2) is 8.04. The molecule has 0 saturated carbocycles. The predicted octanol–water partition coefficient (Wildman–Crippen LogP) is 2.38. The molecule has 1 aromatic rings. The Morgan fingerprint density at radius 2 is 2.35 bits per heavy atom. The zero-order valence-corrected chi connectivity index (χ0v) is 11.4. The SMILES string of the molecule is CCCNCc1csc(N(CC)CCC#N)n1. The summed E-state index contributed by atoms with van der Waals surface area (Å²) in [5, 5.41) is 15.1. The average molecular weight is 252 g/mol. The first kappa shape index (κ1) is 13.9. The average Bonchev–Trinajstić information content (AvgIpc) is 2.79. The molecule has 1 heterocycles. The third-order valence-corrected chi connectivity index (χ3v) is 3.37. The molecular weight excluding hydrogens is 232 g/mol. The molecule has 0 unspecified atom stereocenters. The second-order valence-electron chi connectivity index (χ2n) is 3.79. The smallest absolute Gasteiger partial charge is 0.185 e. The summed E-state index contributed by atoms with van der Waals surface area (Å²) in [5.41, 5.74) is 1.09. The van der Waals surface area contributed by atoms with E-state index in [1.54, 1.807) is 11.3 Å². The fraction of sp³-hybridized carbons (Fsp3) is 0.667. The third kappa shape index (κ3) is 4.72. The van der Waals surface area contributed by atoms with Crippen LogP contribution in [-0.4, -0.2) is 24.6 Å². The quantitative estimate of drug-likeness (QED) is 0.722. The zero-order chi connectivity index (χ0) is 12.5. The molecule has 1 N–H and O–H groups in total. The molecule has 0 aliphatic heterocycles. The van der Waals surface area contributed by atoms with Gasteiger partial charge in [0.1, 0.15) is 0 Å². The lowest BCUT2D eigenvalue weighted by atomic mass is 10.4. The number of hydrogen-bond donors (Lipinski definition) is 1. The Hall–Kier alpha value is -1.12. The number of thiazole rings is 1. The van der Waals surface area contributed by atoms with E-state index in [1.807, 2.05) is 0 Å². The summed E-state index contributed by atoms with van der Waals surface area (Å²) in [5.74, 6) is 0. The standard InChI is InChI=1S/C12H20N4S/c1-3-7-14-9-11-10-17-12(15-11)16(4-2)8-5-6-13/h10,14H,3-5,7-9H2,1-2H3. The van der Waals surface area contributed by atoms with Gasteiger partial charge in [-0.15, -0.1) is 11.3 Å². The molecular formula is C12H20N4S. The molecule has 5 heteroatoms. The molecule has 0 amide bonds. The van der Waals surface area contributed by atoms with Gasteiger partial charge in [-0.1, -0.05) is 6.92 Å². The first-order valence-corrected chi connectivity index (χ1v) is 6.96. The predicted molar refractivity (Wildman–Crippen MR) is 72.2 cm³/mol. The van der Waals surface area contributed by atoms with Crippen LogP contribution < -0.4 is 10.2 Å². The molecule has 94 valence electrons. The molecule has 0 fully saturated rings. The first-order chi connectivity index (χ1) is 8.31.